The number of rotatable bonds is 21. The topological polar surface area (TPSA) is 290 Å². The van der Waals surface area contributed by atoms with E-state index >= 15 is 0 Å². The van der Waals surface area contributed by atoms with Crippen molar-refractivity contribution in [2.24, 2.45) is 0 Å². The van der Waals surface area contributed by atoms with E-state index in [4.69, 9.17) is 0 Å². The van der Waals surface area contributed by atoms with Crippen LogP contribution in [0.25, 0.3) is 0 Å². The highest BCUT2D eigenvalue weighted by Gasteiger charge is 2.45. The van der Waals surface area contributed by atoms with Crippen molar-refractivity contribution in [3.05, 3.63) is 125 Å². The van der Waals surface area contributed by atoms with Gasteiger partial charge in [-0.2, -0.15) is 38.2 Å². The molecule has 18 nitrogen and oxygen atoms in total. The van der Waals surface area contributed by atoms with E-state index < -0.39 is 68.8 Å². The van der Waals surface area contributed by atoms with Crippen molar-refractivity contribution in [3.8, 4) is 0 Å². The fourth-order valence-electron chi connectivity index (χ4n) is 8.13. The number of aromatic carboxylic acids is 1. The van der Waals surface area contributed by atoms with Crippen LogP contribution >= 0.6 is 0 Å². The summed E-state index contributed by atoms with van der Waals surface area (Å²) in [5, 5.41) is 12.0. The van der Waals surface area contributed by atoms with Crippen molar-refractivity contribution in [2.75, 3.05) is 34.8 Å². The Morgan fingerprint density at radius 2 is 1.28 bits per heavy atom. The Labute approximate surface area is 391 Å². The number of fused-ring (bicyclic) bond motifs is 2. The summed E-state index contributed by atoms with van der Waals surface area (Å²) in [6.45, 7) is 7.99. The van der Waals surface area contributed by atoms with Crippen LogP contribution in [0, 0.1) is 0 Å². The number of anilines is 2. The van der Waals surface area contributed by atoms with Crippen LogP contribution in [0.4, 0.5) is 17.1 Å². The van der Waals surface area contributed by atoms with Crippen molar-refractivity contribution in [3.63, 3.8) is 0 Å². The maximum Gasteiger partial charge on any atom is 0.335 e. The summed E-state index contributed by atoms with van der Waals surface area (Å²) in [5.74, 6) is -2.42. The maximum atomic E-state index is 13.2. The molecule has 0 saturated heterocycles. The lowest BCUT2D eigenvalue weighted by molar-refractivity contribution is -0.438. The summed E-state index contributed by atoms with van der Waals surface area (Å²) in [4.78, 5) is 25.9. The summed E-state index contributed by atoms with van der Waals surface area (Å²) < 4.78 is 135. The normalized spacial score (nSPS) is 16.9. The number of unbranched alkanes of at least 4 members (excludes halogenated alkanes) is 2. The molecule has 2 aliphatic rings. The van der Waals surface area contributed by atoms with Gasteiger partial charge in [-0.3, -0.25) is 23.0 Å². The van der Waals surface area contributed by atoms with Crippen molar-refractivity contribution >= 4 is 75.1 Å². The first-order valence-electron chi connectivity index (χ1n) is 21.0. The molecule has 0 spiro atoms. The minimum Gasteiger partial charge on any atom is -0.478 e. The lowest BCUT2D eigenvalue weighted by Crippen LogP contribution is -2.28. The molecule has 0 unspecified atom stereocenters. The average molecular weight is 1010 g/mol. The second-order valence-corrected chi connectivity index (χ2v) is 23.2. The Bertz CT molecular complexity index is 3040. The molecule has 0 aliphatic carbocycles. The Balaban J connectivity index is 1.54. The molecule has 6 N–H and O–H groups in total. The van der Waals surface area contributed by atoms with Gasteiger partial charge < -0.3 is 15.3 Å². The molecule has 3 aromatic carbocycles. The van der Waals surface area contributed by atoms with E-state index in [-0.39, 0.29) is 53.5 Å². The van der Waals surface area contributed by atoms with Crippen LogP contribution in [0.15, 0.2) is 118 Å². The Hall–Kier alpha value is -5.33. The van der Waals surface area contributed by atoms with E-state index in [9.17, 15) is 66.6 Å². The van der Waals surface area contributed by atoms with Gasteiger partial charge in [0.2, 0.25) is 11.6 Å². The van der Waals surface area contributed by atoms with E-state index in [0.717, 1.165) is 0 Å². The molecule has 0 aromatic heterocycles. The zero-order valence-electron chi connectivity index (χ0n) is 37.2. The van der Waals surface area contributed by atoms with Crippen molar-refractivity contribution < 1.29 is 71.2 Å². The number of benzene rings is 3. The third kappa shape index (κ3) is 13.7. The van der Waals surface area contributed by atoms with Gasteiger partial charge in [0.05, 0.1) is 32.3 Å². The van der Waals surface area contributed by atoms with Gasteiger partial charge in [0, 0.05) is 59.6 Å². The van der Waals surface area contributed by atoms with Gasteiger partial charge in [-0.1, -0.05) is 38.2 Å². The van der Waals surface area contributed by atoms with Gasteiger partial charge in [0.25, 0.3) is 40.5 Å². The van der Waals surface area contributed by atoms with E-state index in [2.05, 4.69) is 5.32 Å². The predicted octanol–water partition coefficient (Wildman–Crippen LogP) is 6.73. The van der Waals surface area contributed by atoms with E-state index in [1.54, 1.807) is 48.6 Å². The molecule has 0 radical (unpaired) electrons. The first-order valence-corrected chi connectivity index (χ1v) is 27.0. The van der Waals surface area contributed by atoms with Crippen LogP contribution in [0.3, 0.4) is 0 Å². The highest BCUT2D eigenvalue weighted by atomic mass is 32.2. The molecule has 2 aliphatic heterocycles. The Morgan fingerprint density at radius 1 is 0.701 bits per heavy atom. The van der Waals surface area contributed by atoms with Crippen LogP contribution in [0.2, 0.25) is 0 Å². The van der Waals surface area contributed by atoms with Gasteiger partial charge >= 0.3 is 5.97 Å². The van der Waals surface area contributed by atoms with Gasteiger partial charge in [0.15, 0.2) is 5.71 Å². The molecular formula is C45H54N3O15S4+. The summed E-state index contributed by atoms with van der Waals surface area (Å²) in [7, 11) is -17.6. The minimum atomic E-state index is -4.58. The molecule has 0 atom stereocenters. The lowest BCUT2D eigenvalue weighted by atomic mass is 9.81. The van der Waals surface area contributed by atoms with E-state index in [0.29, 0.717) is 64.6 Å². The molecule has 22 heteroatoms. The molecule has 2 heterocycles. The van der Waals surface area contributed by atoms with Crippen LogP contribution in [-0.2, 0) is 56.1 Å². The lowest BCUT2D eigenvalue weighted by Gasteiger charge is -2.27. The number of allylic oxidation sites excluding steroid dienone is 8. The summed E-state index contributed by atoms with van der Waals surface area (Å²) >= 11 is 0. The summed E-state index contributed by atoms with van der Waals surface area (Å²) in [5.41, 5.74) is 3.12. The number of nitrogens with one attached hydrogen (secondary N) is 1. The van der Waals surface area contributed by atoms with Crippen LogP contribution in [0.5, 0.6) is 0 Å². The second kappa shape index (κ2) is 20.5. The minimum absolute atomic E-state index is 0.0302. The number of amides is 1. The Kier molecular flexibility index (Phi) is 16.1. The zero-order valence-corrected chi connectivity index (χ0v) is 40.4. The third-order valence-corrected chi connectivity index (χ3v) is 14.9. The Morgan fingerprint density at radius 3 is 1.87 bits per heavy atom. The first-order chi connectivity index (χ1) is 31.0. The molecule has 362 valence electrons. The molecule has 0 fully saturated rings. The van der Waals surface area contributed by atoms with Gasteiger partial charge in [-0.05, 0) is 111 Å². The summed E-state index contributed by atoms with van der Waals surface area (Å²) in [6.07, 6.45) is 11.6. The summed E-state index contributed by atoms with van der Waals surface area (Å²) in [6, 6.07) is 14.0. The molecule has 3 aromatic rings. The molecule has 5 rings (SSSR count). The average Bonchev–Trinajstić information content (AvgIpc) is 3.56. The molecular weight excluding hydrogens is 951 g/mol. The van der Waals surface area contributed by atoms with Crippen molar-refractivity contribution in [1.82, 2.24) is 0 Å². The largest absolute Gasteiger partial charge is 0.478 e. The van der Waals surface area contributed by atoms with E-state index in [1.165, 1.54) is 48.5 Å². The second-order valence-electron chi connectivity index (χ2n) is 17.2. The number of hydrogen-bond donors (Lipinski definition) is 6. The number of hydrogen-bond acceptors (Lipinski definition) is 11. The SMILES string of the molecule is CC1(C)C(/C=C/C(=C/C=C/C=C2/N(CCCCS(=O)(=O)O)c3ccc(S(=O)(=O)O)cc3C2(C)C)CCC(=O)Nc2ccc(C(=O)O)cc2)=[N+](CCCCS(=O)(=O)O)c2ccc(S(=O)(=O)O)cc21. The highest BCUT2D eigenvalue weighted by molar-refractivity contribution is 7.86. The molecule has 67 heavy (non-hydrogen) atoms. The van der Waals surface area contributed by atoms with Crippen LogP contribution < -0.4 is 10.2 Å². The quantitative estimate of drug-likeness (QED) is 0.0279. The molecule has 0 saturated carbocycles. The maximum absolute atomic E-state index is 13.2. The van der Waals surface area contributed by atoms with Crippen molar-refractivity contribution in [2.45, 2.75) is 86.8 Å². The molecule has 0 bridgehead atoms. The number of nitrogens with zero attached hydrogens (tertiary/aromatic N) is 2. The number of carboxylic acid groups (broad SMARTS) is 1. The fraction of sp³-hybridized carbons (Fsp3) is 0.356. The number of carbonyl (C=O) groups excluding carboxylic acids is 1. The van der Waals surface area contributed by atoms with Gasteiger partial charge in [0.1, 0.15) is 6.54 Å². The van der Waals surface area contributed by atoms with Crippen LogP contribution in [-0.4, -0.2) is 104 Å². The van der Waals surface area contributed by atoms with Gasteiger partial charge in [-0.15, -0.1) is 0 Å². The number of carbonyl (C=O) groups is 2. The smallest absolute Gasteiger partial charge is 0.335 e. The van der Waals surface area contributed by atoms with Crippen LogP contribution in [0.1, 0.15) is 87.7 Å². The number of carboxylic acids is 1. The zero-order chi connectivity index (χ0) is 49.8. The standard InChI is InChI=1S/C45H53N3O15S4/c1-44(2)36-29-34(66(58,59)60)19-21-38(36)47(25-7-9-27-64(52,53)54)40(44)12-6-5-11-31(14-24-42(49)46-33-17-15-32(16-18-33)43(50)51)13-23-41-45(3,4)37-30-35(67(61,62)63)20-22-39(37)48(41)26-8-10-28-65(55,56)57/h5-6,11-13,15-23,29-30H,7-10,14,24-28H2,1-4H3,(H5-,46,49,50,51,52,53,54,55,56,57,58,59,60,61,62,63)/p+1. The molecule has 1 amide bonds. The highest BCUT2D eigenvalue weighted by Crippen LogP contribution is 2.48. The monoisotopic (exact) mass is 1000 g/mol. The first kappa shape index (κ1) is 52.6. The third-order valence-electron chi connectivity index (χ3n) is 11.6. The van der Waals surface area contributed by atoms with Crippen molar-refractivity contribution in [1.29, 1.82) is 0 Å². The van der Waals surface area contributed by atoms with Gasteiger partial charge in [-0.25, -0.2) is 4.79 Å². The van der Waals surface area contributed by atoms with E-state index in [1.807, 2.05) is 37.2 Å². The fourth-order valence-corrected chi connectivity index (χ4v) is 10.3. The predicted molar refractivity (Wildman–Crippen MR) is 253 cm³/mol.